The molecule has 1 heterocycles. The maximum Gasteiger partial charge on any atom is 0.263 e. The summed E-state index contributed by atoms with van der Waals surface area (Å²) in [6, 6.07) is 14.6. The van der Waals surface area contributed by atoms with E-state index in [0.29, 0.717) is 26.5 Å². The van der Waals surface area contributed by atoms with Crippen molar-refractivity contribution in [1.82, 2.24) is 4.98 Å². The van der Waals surface area contributed by atoms with Crippen molar-refractivity contribution in [2.75, 3.05) is 25.3 Å². The van der Waals surface area contributed by atoms with E-state index in [-0.39, 0.29) is 17.2 Å². The minimum atomic E-state index is -0.434. The molecule has 0 unspecified atom stereocenters. The van der Waals surface area contributed by atoms with Crippen molar-refractivity contribution in [1.29, 1.82) is 0 Å². The van der Waals surface area contributed by atoms with Crippen LogP contribution >= 0.6 is 23.1 Å². The molecule has 3 aromatic rings. The lowest BCUT2D eigenvalue weighted by Gasteiger charge is -2.12. The number of rotatable bonds is 8. The third kappa shape index (κ3) is 4.87. The van der Waals surface area contributed by atoms with E-state index in [4.69, 9.17) is 15.2 Å². The van der Waals surface area contributed by atoms with Gasteiger partial charge in [-0.25, -0.2) is 4.98 Å². The van der Waals surface area contributed by atoms with Crippen LogP contribution in [0.1, 0.15) is 10.4 Å². The molecule has 2 amide bonds. The number of carbonyl (C=O) groups is 2. The zero-order valence-corrected chi connectivity index (χ0v) is 17.4. The van der Waals surface area contributed by atoms with Crippen molar-refractivity contribution < 1.29 is 19.1 Å². The Morgan fingerprint density at radius 2 is 1.72 bits per heavy atom. The number of amides is 2. The van der Waals surface area contributed by atoms with Gasteiger partial charge in [0.2, 0.25) is 5.91 Å². The number of benzene rings is 2. The number of thiazole rings is 1. The van der Waals surface area contributed by atoms with E-state index in [0.717, 1.165) is 5.56 Å². The third-order valence-corrected chi connectivity index (χ3v) is 6.01. The lowest BCUT2D eigenvalue weighted by Crippen LogP contribution is -2.14. The summed E-state index contributed by atoms with van der Waals surface area (Å²) in [6.07, 6.45) is 0. The third-order valence-electron chi connectivity index (χ3n) is 3.87. The number of primary amides is 1. The van der Waals surface area contributed by atoms with Gasteiger partial charge in [0.15, 0.2) is 4.34 Å². The van der Waals surface area contributed by atoms with Crippen LogP contribution in [0.4, 0.5) is 5.00 Å². The summed E-state index contributed by atoms with van der Waals surface area (Å²) in [6.45, 7) is 0. The molecule has 0 radical (unpaired) electrons. The van der Waals surface area contributed by atoms with Gasteiger partial charge in [0.05, 0.1) is 20.0 Å². The Balaban J connectivity index is 1.98. The molecule has 0 saturated carbocycles. The first kappa shape index (κ1) is 20.7. The Labute approximate surface area is 176 Å². The number of nitrogens with one attached hydrogen (secondary N) is 1. The number of methoxy groups -OCH3 is 2. The molecule has 0 fully saturated rings. The normalized spacial score (nSPS) is 10.4. The van der Waals surface area contributed by atoms with Gasteiger partial charge in [0, 0.05) is 5.56 Å². The van der Waals surface area contributed by atoms with Crippen LogP contribution < -0.4 is 20.5 Å². The Morgan fingerprint density at radius 1 is 1.07 bits per heavy atom. The maximum absolute atomic E-state index is 13.1. The predicted octanol–water partition coefficient (Wildman–Crippen LogP) is 3.66. The first-order chi connectivity index (χ1) is 14.0. The number of nitrogens with zero attached hydrogens (tertiary/aromatic N) is 1. The van der Waals surface area contributed by atoms with Crippen molar-refractivity contribution in [2.24, 2.45) is 5.73 Å². The fraction of sp³-hybridized carbons (Fsp3) is 0.150. The molecular formula is C20H19N3O4S2. The van der Waals surface area contributed by atoms with Crippen molar-refractivity contribution in [2.45, 2.75) is 4.34 Å². The summed E-state index contributed by atoms with van der Waals surface area (Å²) in [5.74, 6) is 0.0874. The Bertz CT molecular complexity index is 1000. The van der Waals surface area contributed by atoms with Gasteiger partial charge >= 0.3 is 0 Å². The molecule has 9 heteroatoms. The van der Waals surface area contributed by atoms with Crippen LogP contribution in [0.2, 0.25) is 0 Å². The van der Waals surface area contributed by atoms with Crippen LogP contribution in [0, 0.1) is 0 Å². The summed E-state index contributed by atoms with van der Waals surface area (Å²) in [7, 11) is 2.98. The van der Waals surface area contributed by atoms with E-state index in [2.05, 4.69) is 10.3 Å². The van der Waals surface area contributed by atoms with Crippen molar-refractivity contribution in [3.63, 3.8) is 0 Å². The summed E-state index contributed by atoms with van der Waals surface area (Å²) in [5.41, 5.74) is 6.98. The van der Waals surface area contributed by atoms with Crippen LogP contribution in [-0.4, -0.2) is 36.8 Å². The number of hydrogen-bond acceptors (Lipinski definition) is 7. The summed E-state index contributed by atoms with van der Waals surface area (Å²) in [4.78, 5) is 28.8. The standard InChI is InChI=1S/C20H19N3O4S2/c1-26-13-9-6-10-14(27-2)16(13)18(25)23-19-17(12-7-4-3-5-8-12)22-20(29-19)28-11-15(21)24/h3-10H,11H2,1-2H3,(H2,21,24)(H,23,25). The average molecular weight is 430 g/mol. The molecule has 0 spiro atoms. The van der Waals surface area contributed by atoms with Crippen molar-refractivity contribution in [3.8, 4) is 22.8 Å². The monoisotopic (exact) mass is 429 g/mol. The van der Waals surface area contributed by atoms with Gasteiger partial charge in [-0.15, -0.1) is 0 Å². The molecule has 1 aromatic heterocycles. The zero-order valence-electron chi connectivity index (χ0n) is 15.8. The lowest BCUT2D eigenvalue weighted by atomic mass is 10.1. The largest absolute Gasteiger partial charge is 0.496 e. The van der Waals surface area contributed by atoms with E-state index in [9.17, 15) is 9.59 Å². The Morgan fingerprint density at radius 3 is 2.31 bits per heavy atom. The Kier molecular flexibility index (Phi) is 6.73. The Hall–Kier alpha value is -3.04. The SMILES string of the molecule is COc1cccc(OC)c1C(=O)Nc1sc(SCC(N)=O)nc1-c1ccccc1. The molecular weight excluding hydrogens is 410 g/mol. The molecule has 0 bridgehead atoms. The van der Waals surface area contributed by atoms with Crippen LogP contribution in [0.5, 0.6) is 11.5 Å². The number of anilines is 1. The van der Waals surface area contributed by atoms with Crippen LogP contribution in [0.3, 0.4) is 0 Å². The second kappa shape index (κ2) is 9.44. The highest BCUT2D eigenvalue weighted by Crippen LogP contribution is 2.38. The van der Waals surface area contributed by atoms with Gasteiger partial charge in [0.25, 0.3) is 5.91 Å². The molecule has 3 rings (SSSR count). The minimum absolute atomic E-state index is 0.107. The van der Waals surface area contributed by atoms with Crippen molar-refractivity contribution >= 4 is 39.9 Å². The summed E-state index contributed by atoms with van der Waals surface area (Å²) < 4.78 is 11.3. The van der Waals surface area contributed by atoms with Gasteiger partial charge in [-0.1, -0.05) is 59.5 Å². The quantitative estimate of drug-likeness (QED) is 0.530. The second-order valence-electron chi connectivity index (χ2n) is 5.77. The van der Waals surface area contributed by atoms with E-state index in [1.807, 2.05) is 30.3 Å². The fourth-order valence-corrected chi connectivity index (χ4v) is 4.41. The zero-order chi connectivity index (χ0) is 20.8. The van der Waals surface area contributed by atoms with E-state index in [1.54, 1.807) is 18.2 Å². The summed E-state index contributed by atoms with van der Waals surface area (Å²) in [5, 5.41) is 3.47. The highest BCUT2D eigenvalue weighted by Gasteiger charge is 2.22. The number of aromatic nitrogens is 1. The average Bonchev–Trinajstić information content (AvgIpc) is 3.14. The first-order valence-corrected chi connectivity index (χ1v) is 10.3. The van der Waals surface area contributed by atoms with E-state index >= 15 is 0 Å². The van der Waals surface area contributed by atoms with Crippen LogP contribution in [0.15, 0.2) is 52.9 Å². The molecule has 0 aliphatic carbocycles. The molecule has 150 valence electrons. The molecule has 2 aromatic carbocycles. The maximum atomic E-state index is 13.1. The topological polar surface area (TPSA) is 104 Å². The number of ether oxygens (including phenoxy) is 2. The highest BCUT2D eigenvalue weighted by atomic mass is 32.2. The number of thioether (sulfide) groups is 1. The molecule has 3 N–H and O–H groups in total. The molecule has 0 aliphatic rings. The van der Waals surface area contributed by atoms with Crippen LogP contribution in [0.25, 0.3) is 11.3 Å². The van der Waals surface area contributed by atoms with Gasteiger partial charge in [-0.05, 0) is 12.1 Å². The van der Waals surface area contributed by atoms with Crippen molar-refractivity contribution in [3.05, 3.63) is 54.1 Å². The van der Waals surface area contributed by atoms with E-state index < -0.39 is 5.91 Å². The molecule has 29 heavy (non-hydrogen) atoms. The molecule has 0 atom stereocenters. The molecule has 0 saturated heterocycles. The van der Waals surface area contributed by atoms with E-state index in [1.165, 1.54) is 37.3 Å². The second-order valence-corrected chi connectivity index (χ2v) is 7.99. The number of nitrogens with two attached hydrogens (primary N) is 1. The van der Waals surface area contributed by atoms with Crippen LogP contribution in [-0.2, 0) is 4.79 Å². The first-order valence-electron chi connectivity index (χ1n) is 8.53. The fourth-order valence-electron chi connectivity index (χ4n) is 2.61. The smallest absolute Gasteiger partial charge is 0.263 e. The highest BCUT2D eigenvalue weighted by molar-refractivity contribution is 8.01. The van der Waals surface area contributed by atoms with Gasteiger partial charge < -0.3 is 20.5 Å². The van der Waals surface area contributed by atoms with Gasteiger partial charge in [-0.2, -0.15) is 0 Å². The minimum Gasteiger partial charge on any atom is -0.496 e. The molecule has 7 nitrogen and oxygen atoms in total. The summed E-state index contributed by atoms with van der Waals surface area (Å²) >= 11 is 2.51. The molecule has 0 aliphatic heterocycles. The number of hydrogen-bond donors (Lipinski definition) is 2. The predicted molar refractivity (Wildman–Crippen MR) is 115 cm³/mol. The van der Waals surface area contributed by atoms with Gasteiger partial charge in [-0.3, -0.25) is 9.59 Å². The number of carbonyl (C=O) groups excluding carboxylic acids is 2. The van der Waals surface area contributed by atoms with Gasteiger partial charge in [0.1, 0.15) is 27.8 Å². The lowest BCUT2D eigenvalue weighted by molar-refractivity contribution is -0.115.